The molecule has 2 saturated heterocycles. The Balaban J connectivity index is 0.000000458. The van der Waals surface area contributed by atoms with E-state index in [0.29, 0.717) is 52.6 Å². The van der Waals surface area contributed by atoms with E-state index in [1.54, 1.807) is 19.2 Å². The number of piperidine rings is 2. The fourth-order valence-electron chi connectivity index (χ4n) is 6.15. The van der Waals surface area contributed by atoms with Crippen molar-refractivity contribution in [2.24, 2.45) is 11.3 Å². The molecule has 0 aliphatic carbocycles. The number of nitrogens with zero attached hydrogens (tertiary/aromatic N) is 2. The average molecular weight is 618 g/mol. The number of hydrogen-bond acceptors (Lipinski definition) is 6. The molecular formula is C34H46ClF2N3O3. The summed E-state index contributed by atoms with van der Waals surface area (Å²) in [6.45, 7) is 5.35. The number of rotatable bonds is 11. The van der Waals surface area contributed by atoms with Crippen LogP contribution in [0.25, 0.3) is 10.9 Å². The lowest BCUT2D eigenvalue weighted by Gasteiger charge is -2.41. The number of alkyl halides is 1. The Morgan fingerprint density at radius 2 is 1.84 bits per heavy atom. The van der Waals surface area contributed by atoms with Crippen molar-refractivity contribution in [2.45, 2.75) is 57.5 Å². The maximum atomic E-state index is 15.6. The Bertz CT molecular complexity index is 1270. The van der Waals surface area contributed by atoms with Gasteiger partial charge < -0.3 is 25.2 Å². The van der Waals surface area contributed by atoms with Crippen LogP contribution in [-0.2, 0) is 6.42 Å². The second-order valence-electron chi connectivity index (χ2n) is 12.0. The quantitative estimate of drug-likeness (QED) is 0.228. The zero-order valence-electron chi connectivity index (χ0n) is 25.2. The van der Waals surface area contributed by atoms with E-state index in [0.717, 1.165) is 76.8 Å². The number of aliphatic hydroxyl groups excluding tert-OH is 2. The van der Waals surface area contributed by atoms with Crippen molar-refractivity contribution in [3.05, 3.63) is 70.6 Å². The Hall–Kier alpha value is -2.36. The van der Waals surface area contributed by atoms with E-state index in [9.17, 15) is 9.50 Å². The van der Waals surface area contributed by atoms with E-state index < -0.39 is 6.17 Å². The first-order valence-electron chi connectivity index (χ1n) is 15.5. The van der Waals surface area contributed by atoms with Crippen molar-refractivity contribution in [1.82, 2.24) is 15.2 Å². The van der Waals surface area contributed by atoms with Crippen LogP contribution in [0.15, 0.2) is 48.7 Å². The normalized spacial score (nSPS) is 18.2. The van der Waals surface area contributed by atoms with Gasteiger partial charge in [-0.25, -0.2) is 8.78 Å². The molecule has 0 amide bonds. The second-order valence-corrected chi connectivity index (χ2v) is 12.4. The number of benzene rings is 2. The third-order valence-electron chi connectivity index (χ3n) is 9.13. The number of pyridine rings is 1. The summed E-state index contributed by atoms with van der Waals surface area (Å²) in [4.78, 5) is 6.73. The van der Waals surface area contributed by atoms with Gasteiger partial charge in [-0.2, -0.15) is 0 Å². The molecular weight excluding hydrogens is 572 g/mol. The fraction of sp³-hybridized carbons (Fsp3) is 0.559. The molecule has 3 heterocycles. The number of halogens is 3. The van der Waals surface area contributed by atoms with Gasteiger partial charge in [0.1, 0.15) is 17.7 Å². The van der Waals surface area contributed by atoms with Crippen LogP contribution in [-0.4, -0.2) is 73.1 Å². The SMILES string of the molecule is COc1ccc2ncc(Cl)c(C(F)CCC3(CO)CCN(CCCc4ccc(F)cc4)CC3)c2c1.OCC1CCNCC1. The largest absolute Gasteiger partial charge is 0.497 e. The van der Waals surface area contributed by atoms with Gasteiger partial charge in [0, 0.05) is 30.4 Å². The molecule has 2 aromatic carbocycles. The van der Waals surface area contributed by atoms with E-state index >= 15 is 4.39 Å². The van der Waals surface area contributed by atoms with Gasteiger partial charge in [-0.05, 0) is 131 Å². The lowest BCUT2D eigenvalue weighted by Crippen LogP contribution is -2.42. The van der Waals surface area contributed by atoms with Crippen molar-refractivity contribution in [3.63, 3.8) is 0 Å². The molecule has 9 heteroatoms. The summed E-state index contributed by atoms with van der Waals surface area (Å²) >= 11 is 6.39. The lowest BCUT2D eigenvalue weighted by molar-refractivity contribution is 0.0300. The van der Waals surface area contributed by atoms with Gasteiger partial charge in [0.2, 0.25) is 0 Å². The summed E-state index contributed by atoms with van der Waals surface area (Å²) in [6, 6.07) is 12.1. The van der Waals surface area contributed by atoms with Crippen LogP contribution in [0.2, 0.25) is 5.02 Å². The Labute approximate surface area is 259 Å². The minimum atomic E-state index is -1.25. The predicted octanol–water partition coefficient (Wildman–Crippen LogP) is 6.51. The highest BCUT2D eigenvalue weighted by atomic mass is 35.5. The minimum absolute atomic E-state index is 0.0573. The van der Waals surface area contributed by atoms with Crippen LogP contribution in [0.5, 0.6) is 5.75 Å². The minimum Gasteiger partial charge on any atom is -0.497 e. The summed E-state index contributed by atoms with van der Waals surface area (Å²) in [5.74, 6) is 1.00. The molecule has 0 saturated carbocycles. The zero-order valence-corrected chi connectivity index (χ0v) is 26.0. The smallest absolute Gasteiger partial charge is 0.127 e. The van der Waals surface area contributed by atoms with Crippen molar-refractivity contribution >= 4 is 22.5 Å². The summed E-state index contributed by atoms with van der Waals surface area (Å²) in [7, 11) is 1.58. The van der Waals surface area contributed by atoms with Gasteiger partial charge in [-0.1, -0.05) is 23.7 Å². The van der Waals surface area contributed by atoms with Gasteiger partial charge in [-0.15, -0.1) is 0 Å². The van der Waals surface area contributed by atoms with Gasteiger partial charge in [0.05, 0.1) is 17.6 Å². The lowest BCUT2D eigenvalue weighted by atomic mass is 9.74. The standard InChI is InChI=1S/C28H33ClF2N2O2.C6H13NO/c1-35-22-8-9-26-23(17-22)27(24(29)18-32-26)25(31)10-11-28(19-34)12-15-33(16-13-28)14-2-3-20-4-6-21(30)7-5-20;8-5-6-1-3-7-4-2-6/h4-9,17-18,25,34H,2-3,10-16,19H2,1H3;6-8H,1-5H2. The summed E-state index contributed by atoms with van der Waals surface area (Å²) < 4.78 is 34.0. The van der Waals surface area contributed by atoms with E-state index in [4.69, 9.17) is 21.4 Å². The van der Waals surface area contributed by atoms with Crippen molar-refractivity contribution in [3.8, 4) is 5.75 Å². The van der Waals surface area contributed by atoms with Crippen LogP contribution in [0.3, 0.4) is 0 Å². The van der Waals surface area contributed by atoms with E-state index in [-0.39, 0.29) is 17.8 Å². The zero-order chi connectivity index (χ0) is 30.7. The molecule has 1 aromatic heterocycles. The van der Waals surface area contributed by atoms with Gasteiger partial charge in [-0.3, -0.25) is 4.98 Å². The van der Waals surface area contributed by atoms with Crippen LogP contribution in [0.1, 0.15) is 62.2 Å². The summed E-state index contributed by atoms with van der Waals surface area (Å²) in [5.41, 5.74) is 1.99. The van der Waals surface area contributed by atoms with E-state index in [1.807, 2.05) is 18.2 Å². The second kappa shape index (κ2) is 16.6. The third-order valence-corrected chi connectivity index (χ3v) is 9.43. The van der Waals surface area contributed by atoms with E-state index in [2.05, 4.69) is 15.2 Å². The highest BCUT2D eigenvalue weighted by Crippen LogP contribution is 2.42. The van der Waals surface area contributed by atoms with Crippen LogP contribution < -0.4 is 10.1 Å². The Kier molecular flexibility index (Phi) is 13.0. The van der Waals surface area contributed by atoms with Crippen LogP contribution >= 0.6 is 11.6 Å². The highest BCUT2D eigenvalue weighted by molar-refractivity contribution is 6.32. The molecule has 0 bridgehead atoms. The first kappa shape index (κ1) is 33.5. The predicted molar refractivity (Wildman–Crippen MR) is 169 cm³/mol. The molecule has 1 unspecified atom stereocenters. The fourth-order valence-corrected chi connectivity index (χ4v) is 6.42. The van der Waals surface area contributed by atoms with Gasteiger partial charge in [0.25, 0.3) is 0 Å². The molecule has 3 N–H and O–H groups in total. The monoisotopic (exact) mass is 617 g/mol. The number of likely N-dealkylation sites (tertiary alicyclic amines) is 1. The first-order chi connectivity index (χ1) is 20.9. The highest BCUT2D eigenvalue weighted by Gasteiger charge is 2.35. The number of aromatic nitrogens is 1. The Morgan fingerprint density at radius 3 is 2.47 bits per heavy atom. The number of aliphatic hydroxyl groups is 2. The topological polar surface area (TPSA) is 77.9 Å². The molecule has 43 heavy (non-hydrogen) atoms. The van der Waals surface area contributed by atoms with Crippen LogP contribution in [0.4, 0.5) is 8.78 Å². The van der Waals surface area contributed by atoms with Crippen molar-refractivity contribution < 1.29 is 23.7 Å². The first-order valence-corrected chi connectivity index (χ1v) is 15.9. The summed E-state index contributed by atoms with van der Waals surface area (Å²) in [5, 5.41) is 23.1. The number of fused-ring (bicyclic) bond motifs is 1. The molecule has 6 nitrogen and oxygen atoms in total. The van der Waals surface area contributed by atoms with Gasteiger partial charge in [0.15, 0.2) is 0 Å². The van der Waals surface area contributed by atoms with E-state index in [1.165, 1.54) is 18.3 Å². The number of methoxy groups -OCH3 is 1. The summed E-state index contributed by atoms with van der Waals surface area (Å²) in [6.07, 6.45) is 7.03. The molecule has 0 spiro atoms. The molecule has 5 rings (SSSR count). The number of hydrogen-bond donors (Lipinski definition) is 3. The van der Waals surface area contributed by atoms with Crippen molar-refractivity contribution in [2.75, 3.05) is 53.0 Å². The number of aryl methyl sites for hydroxylation is 1. The maximum Gasteiger partial charge on any atom is 0.127 e. The van der Waals surface area contributed by atoms with Crippen LogP contribution in [0, 0.1) is 17.2 Å². The van der Waals surface area contributed by atoms with Gasteiger partial charge >= 0.3 is 0 Å². The Morgan fingerprint density at radius 1 is 1.12 bits per heavy atom. The third kappa shape index (κ3) is 9.56. The molecule has 0 radical (unpaired) electrons. The molecule has 2 aliphatic rings. The number of nitrogens with one attached hydrogen (secondary N) is 1. The molecule has 236 valence electrons. The molecule has 2 aliphatic heterocycles. The number of ether oxygens (including phenoxy) is 1. The van der Waals surface area contributed by atoms with Crippen molar-refractivity contribution in [1.29, 1.82) is 0 Å². The average Bonchev–Trinajstić information content (AvgIpc) is 3.05. The molecule has 3 aromatic rings. The molecule has 1 atom stereocenters. The maximum absolute atomic E-state index is 15.6. The molecule has 2 fully saturated rings.